The van der Waals surface area contributed by atoms with Crippen molar-refractivity contribution in [2.75, 3.05) is 26.0 Å². The zero-order valence-electron chi connectivity index (χ0n) is 16.6. The molecule has 2 aromatic carbocycles. The van der Waals surface area contributed by atoms with Gasteiger partial charge in [-0.15, -0.1) is 11.8 Å². The lowest BCUT2D eigenvalue weighted by Gasteiger charge is -2.32. The van der Waals surface area contributed by atoms with E-state index < -0.39 is 0 Å². The van der Waals surface area contributed by atoms with E-state index >= 15 is 0 Å². The predicted molar refractivity (Wildman–Crippen MR) is 119 cm³/mol. The number of nitrogens with zero attached hydrogens (tertiary/aromatic N) is 2. The van der Waals surface area contributed by atoms with Gasteiger partial charge in [-0.2, -0.15) is 0 Å². The minimum absolute atomic E-state index is 0.0850. The fourth-order valence-electron chi connectivity index (χ4n) is 3.48. The van der Waals surface area contributed by atoms with Crippen LogP contribution in [0.15, 0.2) is 47.4 Å². The molecular formula is C22H24N2O3S2. The smallest absolute Gasteiger partial charge is 0.274 e. The van der Waals surface area contributed by atoms with Crippen LogP contribution >= 0.6 is 23.1 Å². The van der Waals surface area contributed by atoms with Gasteiger partial charge in [0.2, 0.25) is 0 Å². The number of carbonyl (C=O) groups is 1. The number of carbonyl (C=O) groups excluding carboxylic acids is 1. The molecule has 0 atom stereocenters. The van der Waals surface area contributed by atoms with Gasteiger partial charge in [0.05, 0.1) is 22.9 Å². The molecule has 1 aromatic heterocycles. The molecule has 0 aliphatic carbocycles. The molecule has 1 aliphatic heterocycles. The van der Waals surface area contributed by atoms with Crippen molar-refractivity contribution in [3.63, 3.8) is 0 Å². The fraction of sp³-hybridized carbons (Fsp3) is 0.364. The average molecular weight is 429 g/mol. The number of hydrogen-bond acceptors (Lipinski definition) is 6. The summed E-state index contributed by atoms with van der Waals surface area (Å²) in [6, 6.07) is 13.7. The Balaban J connectivity index is 1.38. The molecule has 1 fully saturated rings. The Hall–Kier alpha value is -2.25. The number of aromatic nitrogens is 1. The number of thiazole rings is 1. The molecule has 0 N–H and O–H groups in total. The van der Waals surface area contributed by atoms with E-state index in [1.165, 1.54) is 11.3 Å². The Morgan fingerprint density at radius 3 is 2.79 bits per heavy atom. The van der Waals surface area contributed by atoms with E-state index in [0.29, 0.717) is 18.3 Å². The molecule has 0 saturated carbocycles. The highest BCUT2D eigenvalue weighted by Crippen LogP contribution is 2.32. The third-order valence-electron chi connectivity index (χ3n) is 4.99. The van der Waals surface area contributed by atoms with E-state index in [-0.39, 0.29) is 12.0 Å². The van der Waals surface area contributed by atoms with E-state index in [1.807, 2.05) is 47.4 Å². The molecule has 29 heavy (non-hydrogen) atoms. The average Bonchev–Trinajstić information content (AvgIpc) is 3.15. The van der Waals surface area contributed by atoms with Crippen molar-refractivity contribution in [3.05, 3.63) is 48.0 Å². The molecule has 3 aromatic rings. The molecule has 0 spiro atoms. The quantitative estimate of drug-likeness (QED) is 0.511. The lowest BCUT2D eigenvalue weighted by atomic mass is 10.1. The molecule has 0 bridgehead atoms. The van der Waals surface area contributed by atoms with E-state index in [1.54, 1.807) is 18.9 Å². The van der Waals surface area contributed by atoms with Gasteiger partial charge in [0.25, 0.3) is 11.1 Å². The van der Waals surface area contributed by atoms with E-state index in [2.05, 4.69) is 11.9 Å². The van der Waals surface area contributed by atoms with Crippen LogP contribution in [0.2, 0.25) is 0 Å². The van der Waals surface area contributed by atoms with Crippen molar-refractivity contribution < 1.29 is 14.3 Å². The summed E-state index contributed by atoms with van der Waals surface area (Å²) in [5.74, 6) is 1.89. The van der Waals surface area contributed by atoms with Crippen LogP contribution in [0.1, 0.15) is 30.1 Å². The SMILES string of the molecule is CCSc1ccccc1C(=O)N1CCC(Oc2nc3ccc(OC)cc3s2)CC1. The number of thioether (sulfide) groups is 1. The molecule has 7 heteroatoms. The Morgan fingerprint density at radius 1 is 1.24 bits per heavy atom. The van der Waals surface area contributed by atoms with Crippen molar-refractivity contribution in [3.8, 4) is 10.9 Å². The maximum absolute atomic E-state index is 13.0. The molecule has 1 saturated heterocycles. The number of ether oxygens (including phenoxy) is 2. The lowest BCUT2D eigenvalue weighted by Crippen LogP contribution is -2.41. The summed E-state index contributed by atoms with van der Waals surface area (Å²) in [5, 5.41) is 0.683. The largest absolute Gasteiger partial charge is 0.497 e. The van der Waals surface area contributed by atoms with E-state index in [9.17, 15) is 4.79 Å². The highest BCUT2D eigenvalue weighted by Gasteiger charge is 2.26. The van der Waals surface area contributed by atoms with Gasteiger partial charge in [-0.05, 0) is 36.1 Å². The van der Waals surface area contributed by atoms with Crippen LogP contribution in [0.4, 0.5) is 0 Å². The van der Waals surface area contributed by atoms with Crippen molar-refractivity contribution in [2.24, 2.45) is 0 Å². The molecule has 4 rings (SSSR count). The molecular weight excluding hydrogens is 404 g/mol. The summed E-state index contributed by atoms with van der Waals surface area (Å²) in [4.78, 5) is 20.6. The number of amides is 1. The number of methoxy groups -OCH3 is 1. The predicted octanol–water partition coefficient (Wildman–Crippen LogP) is 5.10. The molecule has 5 nitrogen and oxygen atoms in total. The van der Waals surface area contributed by atoms with Gasteiger partial charge in [0, 0.05) is 30.8 Å². The highest BCUT2D eigenvalue weighted by molar-refractivity contribution is 7.99. The van der Waals surface area contributed by atoms with Gasteiger partial charge in [-0.3, -0.25) is 4.79 Å². The summed E-state index contributed by atoms with van der Waals surface area (Å²) in [6.07, 6.45) is 1.71. The monoisotopic (exact) mass is 428 g/mol. The van der Waals surface area contributed by atoms with Crippen LogP contribution in [-0.2, 0) is 0 Å². The fourth-order valence-corrected chi connectivity index (χ4v) is 5.18. The summed E-state index contributed by atoms with van der Waals surface area (Å²) in [5.41, 5.74) is 1.72. The number of fused-ring (bicyclic) bond motifs is 1. The molecule has 2 heterocycles. The summed E-state index contributed by atoms with van der Waals surface area (Å²) in [6.45, 7) is 3.51. The summed E-state index contributed by atoms with van der Waals surface area (Å²) < 4.78 is 12.5. The van der Waals surface area contributed by atoms with Crippen molar-refractivity contribution in [1.29, 1.82) is 0 Å². The first-order chi connectivity index (χ1) is 14.2. The zero-order chi connectivity index (χ0) is 20.2. The van der Waals surface area contributed by atoms with Gasteiger partial charge in [0.15, 0.2) is 0 Å². The van der Waals surface area contributed by atoms with Gasteiger partial charge in [0.1, 0.15) is 11.9 Å². The first-order valence-electron chi connectivity index (χ1n) is 9.80. The molecule has 152 valence electrons. The van der Waals surface area contributed by atoms with Crippen LogP contribution in [0, 0.1) is 0 Å². The normalized spacial score (nSPS) is 14.9. The number of rotatable bonds is 6. The van der Waals surface area contributed by atoms with Gasteiger partial charge in [-0.25, -0.2) is 4.98 Å². The standard InChI is InChI=1S/C22H24N2O3S2/c1-3-28-19-7-5-4-6-17(19)21(25)24-12-10-15(11-13-24)27-22-23-18-9-8-16(26-2)14-20(18)29-22/h4-9,14-15H,3,10-13H2,1-2H3. The van der Waals surface area contributed by atoms with Crippen LogP contribution < -0.4 is 9.47 Å². The summed E-state index contributed by atoms with van der Waals surface area (Å²) in [7, 11) is 1.66. The maximum atomic E-state index is 13.0. The zero-order valence-corrected chi connectivity index (χ0v) is 18.2. The third kappa shape index (κ3) is 4.51. The van der Waals surface area contributed by atoms with E-state index in [4.69, 9.17) is 9.47 Å². The van der Waals surface area contributed by atoms with Gasteiger partial charge < -0.3 is 14.4 Å². The topological polar surface area (TPSA) is 51.7 Å². The first kappa shape index (κ1) is 20.0. The molecule has 0 unspecified atom stereocenters. The van der Waals surface area contributed by atoms with Crippen molar-refractivity contribution in [2.45, 2.75) is 30.8 Å². The molecule has 0 radical (unpaired) electrons. The molecule has 1 amide bonds. The van der Waals surface area contributed by atoms with Crippen LogP contribution in [0.3, 0.4) is 0 Å². The second kappa shape index (κ2) is 9.05. The van der Waals surface area contributed by atoms with Gasteiger partial charge >= 0.3 is 0 Å². The number of benzene rings is 2. The van der Waals surface area contributed by atoms with Crippen LogP contribution in [0.25, 0.3) is 10.2 Å². The first-order valence-corrected chi connectivity index (χ1v) is 11.6. The Bertz CT molecular complexity index is 997. The minimum Gasteiger partial charge on any atom is -0.497 e. The second-order valence-electron chi connectivity index (χ2n) is 6.85. The number of hydrogen-bond donors (Lipinski definition) is 0. The summed E-state index contributed by atoms with van der Waals surface area (Å²) >= 11 is 3.25. The lowest BCUT2D eigenvalue weighted by molar-refractivity contribution is 0.0592. The Morgan fingerprint density at radius 2 is 2.03 bits per heavy atom. The number of piperidine rings is 1. The maximum Gasteiger partial charge on any atom is 0.274 e. The number of likely N-dealkylation sites (tertiary alicyclic amines) is 1. The van der Waals surface area contributed by atoms with Crippen molar-refractivity contribution >= 4 is 39.2 Å². The van der Waals surface area contributed by atoms with E-state index in [0.717, 1.165) is 45.0 Å². The highest BCUT2D eigenvalue weighted by atomic mass is 32.2. The third-order valence-corrected chi connectivity index (χ3v) is 6.85. The van der Waals surface area contributed by atoms with Crippen LogP contribution in [-0.4, -0.2) is 47.8 Å². The van der Waals surface area contributed by atoms with Crippen LogP contribution in [0.5, 0.6) is 10.9 Å². The second-order valence-corrected chi connectivity index (χ2v) is 9.15. The molecule has 1 aliphatic rings. The Kier molecular flexibility index (Phi) is 6.25. The van der Waals surface area contributed by atoms with Gasteiger partial charge in [-0.1, -0.05) is 30.4 Å². The van der Waals surface area contributed by atoms with Crippen molar-refractivity contribution in [1.82, 2.24) is 9.88 Å². The Labute approximate surface area is 179 Å². The minimum atomic E-state index is 0.0850.